The summed E-state index contributed by atoms with van der Waals surface area (Å²) in [7, 11) is 0. The summed E-state index contributed by atoms with van der Waals surface area (Å²) in [5, 5.41) is 44.4. The first kappa shape index (κ1) is 36.7. The van der Waals surface area contributed by atoms with E-state index in [1.54, 1.807) is 13.8 Å². The van der Waals surface area contributed by atoms with Crippen molar-refractivity contribution >= 4 is 30.1 Å². The van der Waals surface area contributed by atoms with Crippen LogP contribution < -0.4 is 34.7 Å². The summed E-state index contributed by atoms with van der Waals surface area (Å²) in [5.41, 5.74) is -3.05. The summed E-state index contributed by atoms with van der Waals surface area (Å²) in [6.07, 6.45) is -0.271. The number of aliphatic hydroxyl groups is 3. The first-order chi connectivity index (χ1) is 10.2. The van der Waals surface area contributed by atoms with Crippen molar-refractivity contribution in [2.75, 3.05) is 0 Å². The van der Waals surface area contributed by atoms with E-state index in [9.17, 15) is 19.5 Å². The molecule has 4 N–H and O–H groups in total. The third-order valence-electron chi connectivity index (χ3n) is 1.84. The average Bonchev–Trinajstić information content (AvgIpc) is 2.04. The maximum Gasteiger partial charge on any atom is 1.00 e. The Bertz CT molecular complexity index is 344. The fraction of sp³-hybridized carbons (Fsp3) is 0.812. The molecule has 0 aliphatic heterocycles. The zero-order valence-electron chi connectivity index (χ0n) is 17.0. The second kappa shape index (κ2) is 15.8. The molecule has 0 amide bonds. The number of aliphatic carboxylic acids is 2. The van der Waals surface area contributed by atoms with Crippen molar-refractivity contribution in [3.05, 3.63) is 0 Å². The van der Waals surface area contributed by atoms with Crippen molar-refractivity contribution in [3.63, 3.8) is 0 Å². The monoisotopic (exact) mass is 410 g/mol. The van der Waals surface area contributed by atoms with Crippen LogP contribution in [-0.4, -0.2) is 55.0 Å². The molecule has 0 radical (unpaired) electrons. The minimum Gasteiger partial charge on any atom is -0.550 e. The van der Waals surface area contributed by atoms with Crippen molar-refractivity contribution in [1.29, 1.82) is 0 Å². The van der Waals surface area contributed by atoms with E-state index in [2.05, 4.69) is 0 Å². The van der Waals surface area contributed by atoms with Gasteiger partial charge in [-0.25, -0.2) is 0 Å². The van der Waals surface area contributed by atoms with Gasteiger partial charge in [0.15, 0.2) is 0 Å². The molecule has 152 valence electrons. The first-order valence-corrected chi connectivity index (χ1v) is 7.33. The zero-order valence-corrected chi connectivity index (χ0v) is 19.8. The van der Waals surface area contributed by atoms with Crippen LogP contribution in [0.3, 0.4) is 0 Å². The van der Waals surface area contributed by atoms with Gasteiger partial charge in [0.05, 0.1) is 23.2 Å². The second-order valence-corrected chi connectivity index (χ2v) is 7.44. The standard InChI is InChI=1S/C6H12O2.2C5H10O3.ClH.Na/c1-5(7)4-6(2,3)8;2*1-5(2,8)3-4(6)7;;/h8H,4H2,1-3H3;2*8H,3H2,1-2H3,(H,6,7);1H;/q;;;;+1/p-1. The first-order valence-electron chi connectivity index (χ1n) is 7.33. The average molecular weight is 411 g/mol. The fourth-order valence-corrected chi connectivity index (χ4v) is 1.33. The summed E-state index contributed by atoms with van der Waals surface area (Å²) in [4.78, 5) is 29.9. The van der Waals surface area contributed by atoms with Crippen LogP contribution in [0, 0.1) is 0 Å². The molecule has 0 fully saturated rings. The molecule has 8 nitrogen and oxygen atoms in total. The molecule has 0 saturated heterocycles. The van der Waals surface area contributed by atoms with E-state index in [4.69, 9.17) is 20.4 Å². The van der Waals surface area contributed by atoms with Gasteiger partial charge in [0.1, 0.15) is 5.78 Å². The van der Waals surface area contributed by atoms with E-state index < -0.39 is 28.7 Å². The van der Waals surface area contributed by atoms with Gasteiger partial charge < -0.3 is 30.3 Å². The maximum atomic E-state index is 10.3. The minimum absolute atomic E-state index is 0. The van der Waals surface area contributed by atoms with Crippen LogP contribution in [0.4, 0.5) is 0 Å². The summed E-state index contributed by atoms with van der Waals surface area (Å²) in [5.74, 6) is -2.17. The molecule has 0 aliphatic carbocycles. The van der Waals surface area contributed by atoms with Gasteiger partial charge in [0.2, 0.25) is 0 Å². The molecular formula is C16H32ClNaO8. The molecule has 0 aromatic rings. The molecule has 0 aromatic carbocycles. The Hall–Kier alpha value is -0.220. The fourth-order valence-electron chi connectivity index (χ4n) is 1.33. The van der Waals surface area contributed by atoms with Gasteiger partial charge in [-0.15, -0.1) is 12.4 Å². The van der Waals surface area contributed by atoms with E-state index in [-0.39, 0.29) is 67.0 Å². The molecule has 0 aromatic heterocycles. The van der Waals surface area contributed by atoms with E-state index in [0.717, 1.165) is 0 Å². The Balaban J connectivity index is -0.0000000817. The van der Waals surface area contributed by atoms with Gasteiger partial charge in [0.25, 0.3) is 0 Å². The summed E-state index contributed by atoms with van der Waals surface area (Å²) in [6.45, 7) is 10.5. The number of hydrogen-bond acceptors (Lipinski definition) is 7. The molecule has 0 saturated carbocycles. The van der Waals surface area contributed by atoms with Gasteiger partial charge in [-0.05, 0) is 48.5 Å². The van der Waals surface area contributed by atoms with Crippen LogP contribution in [0.15, 0.2) is 0 Å². The van der Waals surface area contributed by atoms with Crippen molar-refractivity contribution in [1.82, 2.24) is 0 Å². The quantitative estimate of drug-likeness (QED) is 0.344. The smallest absolute Gasteiger partial charge is 0.550 e. The summed E-state index contributed by atoms with van der Waals surface area (Å²) < 4.78 is 0. The Morgan fingerprint density at radius 3 is 1.04 bits per heavy atom. The van der Waals surface area contributed by atoms with Crippen molar-refractivity contribution in [2.24, 2.45) is 0 Å². The van der Waals surface area contributed by atoms with E-state index >= 15 is 0 Å². The predicted molar refractivity (Wildman–Crippen MR) is 93.3 cm³/mol. The molecule has 0 heterocycles. The normalized spacial score (nSPS) is 10.5. The molecule has 0 rings (SSSR count). The summed E-state index contributed by atoms with van der Waals surface area (Å²) in [6, 6.07) is 0. The Morgan fingerprint density at radius 1 is 0.769 bits per heavy atom. The number of Topliss-reactive ketones (excluding diaryl/α,β-unsaturated/α-hetero) is 1. The van der Waals surface area contributed by atoms with Crippen LogP contribution in [-0.2, 0) is 14.4 Å². The largest absolute Gasteiger partial charge is 1.00 e. The van der Waals surface area contributed by atoms with Crippen molar-refractivity contribution in [3.8, 4) is 0 Å². The number of carbonyl (C=O) groups is 3. The number of hydrogen-bond donors (Lipinski definition) is 4. The minimum atomic E-state index is -1.22. The van der Waals surface area contributed by atoms with E-state index in [0.29, 0.717) is 0 Å². The van der Waals surface area contributed by atoms with Crippen LogP contribution in [0.5, 0.6) is 0 Å². The van der Waals surface area contributed by atoms with Crippen LogP contribution in [0.25, 0.3) is 0 Å². The van der Waals surface area contributed by atoms with Gasteiger partial charge in [-0.1, -0.05) is 0 Å². The Labute approximate surface area is 183 Å². The number of carboxylic acid groups (broad SMARTS) is 2. The molecule has 10 heteroatoms. The number of rotatable bonds is 6. The number of carboxylic acids is 2. The van der Waals surface area contributed by atoms with Gasteiger partial charge in [-0.2, -0.15) is 0 Å². The van der Waals surface area contributed by atoms with Crippen LogP contribution in [0.1, 0.15) is 67.7 Å². The van der Waals surface area contributed by atoms with Crippen LogP contribution >= 0.6 is 12.4 Å². The molecular weight excluding hydrogens is 379 g/mol. The number of ketones is 1. The topological polar surface area (TPSA) is 155 Å². The molecule has 0 unspecified atom stereocenters. The second-order valence-electron chi connectivity index (χ2n) is 7.44. The predicted octanol–water partition coefficient (Wildman–Crippen LogP) is -2.71. The SMILES string of the molecule is CC(=O)CC(C)(C)O.CC(C)(O)CC(=O)O.CC(C)(O)CC(=O)[O-].Cl.[Na+]. The molecule has 0 spiro atoms. The third-order valence-corrected chi connectivity index (χ3v) is 1.84. The molecule has 26 heavy (non-hydrogen) atoms. The van der Waals surface area contributed by atoms with E-state index in [1.165, 1.54) is 34.6 Å². The van der Waals surface area contributed by atoms with Crippen molar-refractivity contribution < 1.29 is 69.5 Å². The third kappa shape index (κ3) is 56.5. The summed E-state index contributed by atoms with van der Waals surface area (Å²) >= 11 is 0. The molecule has 0 aliphatic rings. The number of carbonyl (C=O) groups excluding carboxylic acids is 2. The molecule has 0 atom stereocenters. The van der Waals surface area contributed by atoms with E-state index in [1.807, 2.05) is 0 Å². The van der Waals surface area contributed by atoms with Gasteiger partial charge >= 0.3 is 35.5 Å². The molecule has 0 bridgehead atoms. The van der Waals surface area contributed by atoms with Crippen molar-refractivity contribution in [2.45, 2.75) is 84.5 Å². The number of halogens is 1. The Kier molecular flexibility index (Phi) is 22.3. The van der Waals surface area contributed by atoms with Gasteiger partial charge in [-0.3, -0.25) is 9.59 Å². The Morgan fingerprint density at radius 2 is 1.04 bits per heavy atom. The van der Waals surface area contributed by atoms with Gasteiger partial charge in [0, 0.05) is 18.8 Å². The zero-order chi connectivity index (χ0) is 20.4. The van der Waals surface area contributed by atoms with Crippen LogP contribution in [0.2, 0.25) is 0 Å². The maximum absolute atomic E-state index is 10.3.